The fourth-order valence-corrected chi connectivity index (χ4v) is 2.72. The van der Waals surface area contributed by atoms with Crippen molar-refractivity contribution in [3.63, 3.8) is 0 Å². The van der Waals surface area contributed by atoms with E-state index in [-0.39, 0.29) is 6.61 Å². The monoisotopic (exact) mass is 355 g/mol. The lowest BCUT2D eigenvalue weighted by atomic mass is 10.1. The average Bonchev–Trinajstić information content (AvgIpc) is 2.69. The highest BCUT2D eigenvalue weighted by Crippen LogP contribution is 2.39. The van der Waals surface area contributed by atoms with Crippen molar-refractivity contribution in [2.45, 2.75) is 13.0 Å². The van der Waals surface area contributed by atoms with E-state index in [1.54, 1.807) is 21.3 Å². The summed E-state index contributed by atoms with van der Waals surface area (Å²) >= 11 is 0. The first-order chi connectivity index (χ1) is 12.7. The highest BCUT2D eigenvalue weighted by atomic mass is 16.5. The van der Waals surface area contributed by atoms with Crippen molar-refractivity contribution < 1.29 is 18.9 Å². The predicted molar refractivity (Wildman–Crippen MR) is 102 cm³/mol. The van der Waals surface area contributed by atoms with Gasteiger partial charge < -0.3 is 24.3 Å². The lowest BCUT2D eigenvalue weighted by Gasteiger charge is -2.16. The summed E-state index contributed by atoms with van der Waals surface area (Å²) in [4.78, 5) is 0. The van der Waals surface area contributed by atoms with Crippen LogP contribution in [0, 0.1) is 12.3 Å². The van der Waals surface area contributed by atoms with E-state index in [4.69, 9.17) is 25.4 Å². The van der Waals surface area contributed by atoms with E-state index < -0.39 is 0 Å². The highest BCUT2D eigenvalue weighted by molar-refractivity contribution is 5.55. The van der Waals surface area contributed by atoms with Crippen molar-refractivity contribution in [2.24, 2.45) is 0 Å². The van der Waals surface area contributed by atoms with E-state index in [1.807, 2.05) is 36.4 Å². The van der Waals surface area contributed by atoms with Crippen LogP contribution in [0.3, 0.4) is 0 Å². The number of para-hydroxylation sites is 1. The standard InChI is InChI=1S/C21H25NO4/c1-5-14-26-18-9-7-6-8-17(18)15-22-13-12-16-10-11-19(23-2)21(25-4)20(16)24-3/h1,6-11,22H,12-15H2,2-4H3. The molecular weight excluding hydrogens is 330 g/mol. The van der Waals surface area contributed by atoms with Gasteiger partial charge in [-0.15, -0.1) is 6.42 Å². The second-order valence-corrected chi connectivity index (χ2v) is 5.52. The van der Waals surface area contributed by atoms with Gasteiger partial charge in [-0.2, -0.15) is 0 Å². The molecule has 0 saturated carbocycles. The molecule has 0 amide bonds. The van der Waals surface area contributed by atoms with Crippen LogP contribution in [0.2, 0.25) is 0 Å². The van der Waals surface area contributed by atoms with Crippen LogP contribution in [0.4, 0.5) is 0 Å². The molecular formula is C21H25NO4. The molecule has 5 heteroatoms. The summed E-state index contributed by atoms with van der Waals surface area (Å²) in [5.41, 5.74) is 2.12. The van der Waals surface area contributed by atoms with Crippen LogP contribution in [0.1, 0.15) is 11.1 Å². The Kier molecular flexibility index (Phi) is 7.66. The van der Waals surface area contributed by atoms with Gasteiger partial charge >= 0.3 is 0 Å². The average molecular weight is 355 g/mol. The third-order valence-corrected chi connectivity index (χ3v) is 3.96. The fourth-order valence-electron chi connectivity index (χ4n) is 2.72. The van der Waals surface area contributed by atoms with Gasteiger partial charge in [0, 0.05) is 12.1 Å². The minimum atomic E-state index is 0.264. The third-order valence-electron chi connectivity index (χ3n) is 3.96. The number of hydrogen-bond acceptors (Lipinski definition) is 5. The molecule has 0 aliphatic carbocycles. The molecule has 1 N–H and O–H groups in total. The SMILES string of the molecule is C#CCOc1ccccc1CNCCc1ccc(OC)c(OC)c1OC. The van der Waals surface area contributed by atoms with Crippen molar-refractivity contribution in [3.8, 4) is 35.3 Å². The Balaban J connectivity index is 1.98. The molecule has 0 bridgehead atoms. The molecule has 0 fully saturated rings. The van der Waals surface area contributed by atoms with Crippen LogP contribution in [-0.4, -0.2) is 34.5 Å². The Morgan fingerprint density at radius 1 is 0.885 bits per heavy atom. The molecule has 2 aromatic rings. The zero-order chi connectivity index (χ0) is 18.8. The Hall–Kier alpha value is -2.84. The molecule has 0 heterocycles. The highest BCUT2D eigenvalue weighted by Gasteiger charge is 2.15. The molecule has 0 atom stereocenters. The van der Waals surface area contributed by atoms with Crippen molar-refractivity contribution in [1.82, 2.24) is 5.32 Å². The maximum Gasteiger partial charge on any atom is 0.203 e. The molecule has 0 aromatic heterocycles. The molecule has 0 spiro atoms. The summed E-state index contributed by atoms with van der Waals surface area (Å²) in [7, 11) is 4.85. The van der Waals surface area contributed by atoms with Crippen molar-refractivity contribution in [1.29, 1.82) is 0 Å². The summed E-state index contributed by atoms with van der Waals surface area (Å²) in [6, 6.07) is 11.7. The van der Waals surface area contributed by atoms with Gasteiger partial charge in [0.2, 0.25) is 5.75 Å². The molecule has 0 radical (unpaired) electrons. The number of rotatable bonds is 10. The summed E-state index contributed by atoms with van der Waals surface area (Å²) < 4.78 is 21.8. The predicted octanol–water partition coefficient (Wildman–Crippen LogP) is 3.06. The van der Waals surface area contributed by atoms with Crippen LogP contribution in [-0.2, 0) is 13.0 Å². The second-order valence-electron chi connectivity index (χ2n) is 5.52. The lowest BCUT2D eigenvalue weighted by Crippen LogP contribution is -2.17. The summed E-state index contributed by atoms with van der Waals surface area (Å²) in [6.07, 6.45) is 6.05. The van der Waals surface area contributed by atoms with Gasteiger partial charge in [-0.1, -0.05) is 30.2 Å². The molecule has 0 aliphatic rings. The van der Waals surface area contributed by atoms with E-state index >= 15 is 0 Å². The molecule has 2 aromatic carbocycles. The smallest absolute Gasteiger partial charge is 0.203 e. The first-order valence-electron chi connectivity index (χ1n) is 8.37. The number of methoxy groups -OCH3 is 3. The number of nitrogens with one attached hydrogen (secondary N) is 1. The Labute approximate surface area is 155 Å². The van der Waals surface area contributed by atoms with Crippen molar-refractivity contribution in [2.75, 3.05) is 34.5 Å². The van der Waals surface area contributed by atoms with Crippen molar-refractivity contribution in [3.05, 3.63) is 47.5 Å². The molecule has 26 heavy (non-hydrogen) atoms. The van der Waals surface area contributed by atoms with Gasteiger partial charge in [-0.3, -0.25) is 0 Å². The Bertz CT molecular complexity index is 752. The molecule has 138 valence electrons. The van der Waals surface area contributed by atoms with Gasteiger partial charge in [0.05, 0.1) is 21.3 Å². The number of ether oxygens (including phenoxy) is 4. The van der Waals surface area contributed by atoms with E-state index in [2.05, 4.69) is 11.2 Å². The van der Waals surface area contributed by atoms with Crippen LogP contribution in [0.5, 0.6) is 23.0 Å². The summed E-state index contributed by atoms with van der Waals surface area (Å²) in [5.74, 6) is 5.26. The zero-order valence-electron chi connectivity index (χ0n) is 15.5. The maximum atomic E-state index is 5.57. The molecule has 0 saturated heterocycles. The molecule has 0 unspecified atom stereocenters. The van der Waals surface area contributed by atoms with Crippen LogP contribution >= 0.6 is 0 Å². The van der Waals surface area contributed by atoms with Crippen LogP contribution in [0.25, 0.3) is 0 Å². The quantitative estimate of drug-likeness (QED) is 0.524. The number of benzene rings is 2. The van der Waals surface area contributed by atoms with Gasteiger partial charge in [-0.05, 0) is 30.7 Å². The second kappa shape index (κ2) is 10.2. The van der Waals surface area contributed by atoms with Gasteiger partial charge in [-0.25, -0.2) is 0 Å². The van der Waals surface area contributed by atoms with Crippen molar-refractivity contribution >= 4 is 0 Å². The largest absolute Gasteiger partial charge is 0.493 e. The zero-order valence-corrected chi connectivity index (χ0v) is 15.5. The summed E-state index contributed by atoms with van der Waals surface area (Å²) in [6.45, 7) is 1.73. The third kappa shape index (κ3) is 4.84. The first kappa shape index (κ1) is 19.5. The van der Waals surface area contributed by atoms with E-state index in [0.717, 1.165) is 29.8 Å². The minimum absolute atomic E-state index is 0.264. The molecule has 5 nitrogen and oxygen atoms in total. The Morgan fingerprint density at radius 3 is 2.35 bits per heavy atom. The molecule has 2 rings (SSSR count). The summed E-state index contributed by atoms with van der Waals surface area (Å²) in [5, 5.41) is 3.43. The first-order valence-corrected chi connectivity index (χ1v) is 8.37. The van der Waals surface area contributed by atoms with Gasteiger partial charge in [0.25, 0.3) is 0 Å². The Morgan fingerprint density at radius 2 is 1.65 bits per heavy atom. The van der Waals surface area contributed by atoms with E-state index in [0.29, 0.717) is 23.8 Å². The topological polar surface area (TPSA) is 49.0 Å². The minimum Gasteiger partial charge on any atom is -0.493 e. The van der Waals surface area contributed by atoms with Gasteiger partial charge in [0.1, 0.15) is 12.4 Å². The van der Waals surface area contributed by atoms with E-state index in [1.165, 1.54) is 0 Å². The number of hydrogen-bond donors (Lipinski definition) is 1. The fraction of sp³-hybridized carbons (Fsp3) is 0.333. The maximum absolute atomic E-state index is 5.57. The normalized spacial score (nSPS) is 10.1. The van der Waals surface area contributed by atoms with Crippen LogP contribution in [0.15, 0.2) is 36.4 Å². The molecule has 0 aliphatic heterocycles. The lowest BCUT2D eigenvalue weighted by molar-refractivity contribution is 0.322. The van der Waals surface area contributed by atoms with Gasteiger partial charge in [0.15, 0.2) is 11.5 Å². The van der Waals surface area contributed by atoms with E-state index in [9.17, 15) is 0 Å². The number of terminal acetylenes is 1. The van der Waals surface area contributed by atoms with Crippen LogP contribution < -0.4 is 24.3 Å².